The van der Waals surface area contributed by atoms with Gasteiger partial charge < -0.3 is 20.0 Å². The molecule has 1 aliphatic heterocycles. The van der Waals surface area contributed by atoms with Gasteiger partial charge in [-0.15, -0.1) is 0 Å². The van der Waals surface area contributed by atoms with Crippen LogP contribution < -0.4 is 9.80 Å². The highest BCUT2D eigenvalue weighted by molar-refractivity contribution is 5.78. The van der Waals surface area contributed by atoms with Gasteiger partial charge in [-0.1, -0.05) is 48.5 Å². The molecule has 2 N–H and O–H groups in total. The molecule has 3 aromatic rings. The first-order valence-corrected chi connectivity index (χ1v) is 10.3. The third kappa shape index (κ3) is 3.61. The maximum Gasteiger partial charge on any atom is 0.0606 e. The number of rotatable bonds is 7. The van der Waals surface area contributed by atoms with E-state index in [0.29, 0.717) is 13.1 Å². The van der Waals surface area contributed by atoms with Crippen LogP contribution >= 0.6 is 0 Å². The predicted octanol–water partition coefficient (Wildman–Crippen LogP) is 4.13. The summed E-state index contributed by atoms with van der Waals surface area (Å²) in [7, 11) is 0. The Morgan fingerprint density at radius 3 is 1.76 bits per heavy atom. The van der Waals surface area contributed by atoms with Crippen molar-refractivity contribution in [3.63, 3.8) is 0 Å². The molecule has 3 aromatic carbocycles. The molecule has 29 heavy (non-hydrogen) atoms. The van der Waals surface area contributed by atoms with Crippen LogP contribution in [-0.2, 0) is 0 Å². The Bertz CT molecular complexity index is 902. The van der Waals surface area contributed by atoms with Gasteiger partial charge in [0.15, 0.2) is 0 Å². The van der Waals surface area contributed by atoms with Crippen molar-refractivity contribution in [3.05, 3.63) is 89.5 Å². The Morgan fingerprint density at radius 2 is 1.28 bits per heavy atom. The van der Waals surface area contributed by atoms with Gasteiger partial charge in [0.2, 0.25) is 0 Å². The first-order valence-electron chi connectivity index (χ1n) is 10.3. The smallest absolute Gasteiger partial charge is 0.0606 e. The topological polar surface area (TPSA) is 46.9 Å². The molecule has 0 aromatic heterocycles. The second-order valence-electron chi connectivity index (χ2n) is 7.32. The van der Waals surface area contributed by atoms with Crippen LogP contribution in [0.5, 0.6) is 0 Å². The number of hydrogen-bond acceptors (Lipinski definition) is 4. The maximum atomic E-state index is 9.32. The SMILES string of the molecule is CCN1c2ccccc2C(c2ccc(N(CCO)CCO)cc2)c2ccccc21. The van der Waals surface area contributed by atoms with Crippen LogP contribution in [0.1, 0.15) is 29.5 Å². The minimum atomic E-state index is 0.0674. The highest BCUT2D eigenvalue weighted by Crippen LogP contribution is 2.48. The fourth-order valence-electron chi connectivity index (χ4n) is 4.44. The van der Waals surface area contributed by atoms with E-state index in [1.807, 2.05) is 4.90 Å². The molecule has 1 heterocycles. The number of aliphatic hydroxyl groups is 2. The number of aliphatic hydroxyl groups excluding tert-OH is 2. The van der Waals surface area contributed by atoms with E-state index >= 15 is 0 Å². The molecular formula is C25H28N2O2. The van der Waals surface area contributed by atoms with Crippen molar-refractivity contribution in [1.82, 2.24) is 0 Å². The number of fused-ring (bicyclic) bond motifs is 2. The standard InChI is InChI=1S/C25H28N2O2/c1-2-27-23-9-5-3-7-21(23)25(22-8-4-6-10-24(22)27)19-11-13-20(14-12-19)26(15-17-28)16-18-29/h3-14,25,28-29H,2,15-18H2,1H3. The average Bonchev–Trinajstić information content (AvgIpc) is 2.77. The van der Waals surface area contributed by atoms with E-state index in [1.165, 1.54) is 28.1 Å². The number of anilines is 3. The van der Waals surface area contributed by atoms with Gasteiger partial charge in [0.05, 0.1) is 13.2 Å². The Kier molecular flexibility index (Phi) is 5.84. The number of hydrogen-bond donors (Lipinski definition) is 2. The van der Waals surface area contributed by atoms with E-state index in [-0.39, 0.29) is 19.1 Å². The molecule has 0 aliphatic carbocycles. The van der Waals surface area contributed by atoms with Gasteiger partial charge in [0.1, 0.15) is 0 Å². The summed E-state index contributed by atoms with van der Waals surface area (Å²) in [5, 5.41) is 18.6. The summed E-state index contributed by atoms with van der Waals surface area (Å²) in [6.07, 6.45) is 0. The van der Waals surface area contributed by atoms with Crippen molar-refractivity contribution < 1.29 is 10.2 Å². The molecule has 0 spiro atoms. The molecule has 0 fully saturated rings. The summed E-state index contributed by atoms with van der Waals surface area (Å²) < 4.78 is 0. The maximum absolute atomic E-state index is 9.32. The van der Waals surface area contributed by atoms with Crippen molar-refractivity contribution >= 4 is 17.1 Å². The van der Waals surface area contributed by atoms with Crippen LogP contribution in [0.4, 0.5) is 17.1 Å². The zero-order valence-corrected chi connectivity index (χ0v) is 16.8. The Balaban J connectivity index is 1.77. The van der Waals surface area contributed by atoms with Gasteiger partial charge in [-0.25, -0.2) is 0 Å². The van der Waals surface area contributed by atoms with Gasteiger partial charge >= 0.3 is 0 Å². The van der Waals surface area contributed by atoms with E-state index in [2.05, 4.69) is 84.6 Å². The number of benzene rings is 3. The molecule has 0 amide bonds. The molecular weight excluding hydrogens is 360 g/mol. The van der Waals surface area contributed by atoms with Crippen molar-refractivity contribution in [2.45, 2.75) is 12.8 Å². The summed E-state index contributed by atoms with van der Waals surface area (Å²) in [6.45, 7) is 4.29. The first kappa shape index (κ1) is 19.5. The van der Waals surface area contributed by atoms with Crippen LogP contribution in [-0.4, -0.2) is 43.1 Å². The normalized spacial score (nSPS) is 13.1. The largest absolute Gasteiger partial charge is 0.395 e. The quantitative estimate of drug-likeness (QED) is 0.639. The minimum absolute atomic E-state index is 0.0674. The monoisotopic (exact) mass is 388 g/mol. The Labute approximate surface area is 172 Å². The van der Waals surface area contributed by atoms with Gasteiger partial charge in [0.25, 0.3) is 0 Å². The van der Waals surface area contributed by atoms with Crippen molar-refractivity contribution in [2.24, 2.45) is 0 Å². The molecule has 0 bridgehead atoms. The van der Waals surface area contributed by atoms with Crippen LogP contribution in [0.25, 0.3) is 0 Å². The second-order valence-corrected chi connectivity index (χ2v) is 7.32. The highest BCUT2D eigenvalue weighted by atomic mass is 16.3. The van der Waals surface area contributed by atoms with Crippen molar-refractivity contribution in [1.29, 1.82) is 0 Å². The molecule has 1 aliphatic rings. The molecule has 0 atom stereocenters. The molecule has 0 saturated carbocycles. The summed E-state index contributed by atoms with van der Waals surface area (Å²) in [5.41, 5.74) is 7.45. The lowest BCUT2D eigenvalue weighted by molar-refractivity contribution is 0.281. The fraction of sp³-hybridized carbons (Fsp3) is 0.280. The predicted molar refractivity (Wildman–Crippen MR) is 119 cm³/mol. The van der Waals surface area contributed by atoms with Gasteiger partial charge in [-0.3, -0.25) is 0 Å². The summed E-state index contributed by atoms with van der Waals surface area (Å²) in [6, 6.07) is 25.9. The first-order chi connectivity index (χ1) is 14.3. The molecule has 0 unspecified atom stereocenters. The molecule has 4 heteroatoms. The van der Waals surface area contributed by atoms with Gasteiger partial charge in [0, 0.05) is 42.6 Å². The molecule has 0 saturated heterocycles. The molecule has 4 nitrogen and oxygen atoms in total. The van der Waals surface area contributed by atoms with Crippen molar-refractivity contribution in [3.8, 4) is 0 Å². The van der Waals surface area contributed by atoms with Crippen LogP contribution in [0.15, 0.2) is 72.8 Å². The summed E-state index contributed by atoms with van der Waals surface area (Å²) >= 11 is 0. The minimum Gasteiger partial charge on any atom is -0.395 e. The lowest BCUT2D eigenvalue weighted by atomic mass is 9.80. The van der Waals surface area contributed by atoms with Gasteiger partial charge in [-0.2, -0.15) is 0 Å². The van der Waals surface area contributed by atoms with E-state index in [0.717, 1.165) is 12.2 Å². The zero-order chi connectivity index (χ0) is 20.2. The number of nitrogens with zero attached hydrogens (tertiary/aromatic N) is 2. The van der Waals surface area contributed by atoms with E-state index in [1.54, 1.807) is 0 Å². The van der Waals surface area contributed by atoms with Crippen molar-refractivity contribution in [2.75, 3.05) is 42.6 Å². The van der Waals surface area contributed by atoms with Crippen LogP contribution in [0.2, 0.25) is 0 Å². The Morgan fingerprint density at radius 1 is 0.759 bits per heavy atom. The van der Waals surface area contributed by atoms with E-state index in [4.69, 9.17) is 0 Å². The summed E-state index contributed by atoms with van der Waals surface area (Å²) in [5.74, 6) is 0.184. The third-order valence-corrected chi connectivity index (χ3v) is 5.72. The molecule has 4 rings (SSSR count). The van der Waals surface area contributed by atoms with Gasteiger partial charge in [-0.05, 0) is 47.9 Å². The molecule has 150 valence electrons. The number of para-hydroxylation sites is 2. The second kappa shape index (κ2) is 8.68. The zero-order valence-electron chi connectivity index (χ0n) is 16.8. The third-order valence-electron chi connectivity index (χ3n) is 5.72. The van der Waals surface area contributed by atoms with Crippen LogP contribution in [0.3, 0.4) is 0 Å². The van der Waals surface area contributed by atoms with Crippen LogP contribution in [0, 0.1) is 0 Å². The lowest BCUT2D eigenvalue weighted by Crippen LogP contribution is -2.29. The summed E-state index contributed by atoms with van der Waals surface area (Å²) in [4.78, 5) is 4.39. The lowest BCUT2D eigenvalue weighted by Gasteiger charge is -2.37. The Hall–Kier alpha value is -2.82. The highest BCUT2D eigenvalue weighted by Gasteiger charge is 2.30. The molecule has 0 radical (unpaired) electrons. The fourth-order valence-corrected chi connectivity index (χ4v) is 4.44. The van der Waals surface area contributed by atoms with E-state index < -0.39 is 0 Å². The average molecular weight is 389 g/mol. The van der Waals surface area contributed by atoms with E-state index in [9.17, 15) is 10.2 Å².